The number of nitrogens with one attached hydrogen (secondary N) is 1. The molecule has 1 amide bonds. The number of rotatable bonds is 5. The molecular formula is C21H15N3O4. The fourth-order valence-corrected chi connectivity index (χ4v) is 2.81. The van der Waals surface area contributed by atoms with E-state index >= 15 is 0 Å². The predicted molar refractivity (Wildman–Crippen MR) is 101 cm³/mol. The minimum absolute atomic E-state index is 0.160. The van der Waals surface area contributed by atoms with Crippen LogP contribution in [0.25, 0.3) is 11.3 Å². The van der Waals surface area contributed by atoms with Crippen LogP contribution in [-0.2, 0) is 11.2 Å². The fourth-order valence-electron chi connectivity index (χ4n) is 2.81. The Kier molecular flexibility index (Phi) is 4.76. The minimum atomic E-state index is -0.267. The number of nitriles is 1. The first kappa shape index (κ1) is 17.4. The highest BCUT2D eigenvalue weighted by molar-refractivity contribution is 5.82. The largest absolute Gasteiger partial charge is 0.455 e. The monoisotopic (exact) mass is 373 g/mol. The zero-order valence-corrected chi connectivity index (χ0v) is 14.7. The van der Waals surface area contributed by atoms with Gasteiger partial charge in [0.05, 0.1) is 24.3 Å². The maximum Gasteiger partial charge on any atom is 0.244 e. The van der Waals surface area contributed by atoms with Crippen LogP contribution in [0.15, 0.2) is 64.1 Å². The summed E-state index contributed by atoms with van der Waals surface area (Å²) in [7, 11) is 0. The van der Waals surface area contributed by atoms with Gasteiger partial charge in [0.25, 0.3) is 0 Å². The molecule has 0 saturated heterocycles. The van der Waals surface area contributed by atoms with Crippen molar-refractivity contribution in [1.29, 1.82) is 5.26 Å². The number of carbonyl (C=O) groups is 1. The molecule has 7 nitrogen and oxygen atoms in total. The first-order chi connectivity index (χ1) is 13.7. The molecule has 0 bridgehead atoms. The molecule has 0 saturated carbocycles. The molecule has 28 heavy (non-hydrogen) atoms. The van der Waals surface area contributed by atoms with Crippen LogP contribution in [0, 0.1) is 11.3 Å². The molecule has 1 aliphatic heterocycles. The molecule has 0 spiro atoms. The van der Waals surface area contributed by atoms with Gasteiger partial charge in [-0.25, -0.2) is 5.43 Å². The average molecular weight is 373 g/mol. The second-order valence-corrected chi connectivity index (χ2v) is 6.02. The van der Waals surface area contributed by atoms with E-state index in [1.807, 2.05) is 18.2 Å². The van der Waals surface area contributed by atoms with E-state index in [1.54, 1.807) is 36.4 Å². The minimum Gasteiger partial charge on any atom is -0.455 e. The van der Waals surface area contributed by atoms with Crippen molar-refractivity contribution in [3.05, 3.63) is 71.5 Å². The summed E-state index contributed by atoms with van der Waals surface area (Å²) in [5.41, 5.74) is 4.49. The van der Waals surface area contributed by atoms with Crippen molar-refractivity contribution in [3.63, 3.8) is 0 Å². The predicted octanol–water partition coefficient (Wildman–Crippen LogP) is 3.24. The van der Waals surface area contributed by atoms with E-state index in [9.17, 15) is 10.1 Å². The van der Waals surface area contributed by atoms with Gasteiger partial charge in [0.2, 0.25) is 12.7 Å². The zero-order valence-electron chi connectivity index (χ0n) is 14.7. The van der Waals surface area contributed by atoms with Crippen LogP contribution in [0.3, 0.4) is 0 Å². The molecule has 0 atom stereocenters. The average Bonchev–Trinajstić information content (AvgIpc) is 3.37. The van der Waals surface area contributed by atoms with Crippen molar-refractivity contribution >= 4 is 12.1 Å². The van der Waals surface area contributed by atoms with E-state index in [2.05, 4.69) is 16.6 Å². The molecule has 0 unspecified atom stereocenters. The number of fused-ring (bicyclic) bond motifs is 1. The van der Waals surface area contributed by atoms with Gasteiger partial charge in [0.15, 0.2) is 11.5 Å². The number of hydrogen-bond acceptors (Lipinski definition) is 6. The van der Waals surface area contributed by atoms with Crippen molar-refractivity contribution in [3.8, 4) is 28.9 Å². The van der Waals surface area contributed by atoms with E-state index in [0.717, 1.165) is 5.56 Å². The van der Waals surface area contributed by atoms with Crippen LogP contribution in [0.1, 0.15) is 16.9 Å². The lowest BCUT2D eigenvalue weighted by Crippen LogP contribution is -2.19. The highest BCUT2D eigenvalue weighted by atomic mass is 16.7. The Hall–Kier alpha value is -4.05. The van der Waals surface area contributed by atoms with Crippen molar-refractivity contribution < 1.29 is 18.7 Å². The molecule has 1 N–H and O–H groups in total. The third-order valence-electron chi connectivity index (χ3n) is 4.12. The molecule has 2 aromatic carbocycles. The van der Waals surface area contributed by atoms with E-state index in [1.165, 1.54) is 6.21 Å². The van der Waals surface area contributed by atoms with Crippen LogP contribution >= 0.6 is 0 Å². The van der Waals surface area contributed by atoms with Crippen molar-refractivity contribution in [2.75, 3.05) is 6.79 Å². The van der Waals surface area contributed by atoms with Gasteiger partial charge in [-0.05, 0) is 42.0 Å². The lowest BCUT2D eigenvalue weighted by atomic mass is 10.1. The lowest BCUT2D eigenvalue weighted by Gasteiger charge is -2.02. The first-order valence-corrected chi connectivity index (χ1v) is 8.53. The number of nitrogens with zero attached hydrogens (tertiary/aromatic N) is 2. The normalized spacial score (nSPS) is 12.1. The SMILES string of the molecule is N#Cc1ccccc1-c1ccc(/C=N\NC(=O)Cc2ccc3c(c2)OCO3)o1. The number of hydrogen-bond donors (Lipinski definition) is 1. The molecule has 0 aliphatic carbocycles. The Morgan fingerprint density at radius 3 is 2.89 bits per heavy atom. The Morgan fingerprint density at radius 1 is 1.14 bits per heavy atom. The molecule has 0 fully saturated rings. The number of amides is 1. The Bertz CT molecular complexity index is 1100. The maximum absolute atomic E-state index is 12.0. The summed E-state index contributed by atoms with van der Waals surface area (Å²) in [6.07, 6.45) is 1.57. The van der Waals surface area contributed by atoms with Gasteiger partial charge in [-0.2, -0.15) is 10.4 Å². The molecule has 0 radical (unpaired) electrons. The molecule has 2 heterocycles. The van der Waals surface area contributed by atoms with Crippen LogP contribution in [0.5, 0.6) is 11.5 Å². The number of carbonyl (C=O) groups excluding carboxylic acids is 1. The summed E-state index contributed by atoms with van der Waals surface area (Å²) in [4.78, 5) is 12.0. The van der Waals surface area contributed by atoms with Gasteiger partial charge in [-0.3, -0.25) is 4.79 Å². The number of ether oxygens (including phenoxy) is 2. The molecule has 1 aliphatic rings. The smallest absolute Gasteiger partial charge is 0.244 e. The molecule has 1 aromatic heterocycles. The Morgan fingerprint density at radius 2 is 2.00 bits per heavy atom. The van der Waals surface area contributed by atoms with E-state index < -0.39 is 0 Å². The molecule has 3 aromatic rings. The quantitative estimate of drug-likeness (QED) is 0.547. The van der Waals surface area contributed by atoms with Gasteiger partial charge in [-0.1, -0.05) is 18.2 Å². The summed E-state index contributed by atoms with van der Waals surface area (Å²) in [5.74, 6) is 2.07. The van der Waals surface area contributed by atoms with Crippen LogP contribution < -0.4 is 14.9 Å². The highest BCUT2D eigenvalue weighted by Crippen LogP contribution is 2.32. The number of hydrazone groups is 1. The van der Waals surface area contributed by atoms with Gasteiger partial charge in [-0.15, -0.1) is 0 Å². The second kappa shape index (κ2) is 7.68. The summed E-state index contributed by atoms with van der Waals surface area (Å²) >= 11 is 0. The standard InChI is InChI=1S/C21H15N3O4/c22-11-15-3-1-2-4-17(15)18-8-6-16(28-18)12-23-24-21(25)10-14-5-7-19-20(9-14)27-13-26-19/h1-9,12H,10,13H2,(H,24,25)/b23-12-. The molecule has 7 heteroatoms. The maximum atomic E-state index is 12.0. The first-order valence-electron chi connectivity index (χ1n) is 8.53. The van der Waals surface area contributed by atoms with E-state index in [-0.39, 0.29) is 19.1 Å². The van der Waals surface area contributed by atoms with Gasteiger partial charge >= 0.3 is 0 Å². The van der Waals surface area contributed by atoms with Crippen LogP contribution in [-0.4, -0.2) is 18.9 Å². The third-order valence-corrected chi connectivity index (χ3v) is 4.12. The highest BCUT2D eigenvalue weighted by Gasteiger charge is 2.14. The third kappa shape index (κ3) is 3.71. The summed E-state index contributed by atoms with van der Waals surface area (Å²) in [5, 5.41) is 13.1. The second-order valence-electron chi connectivity index (χ2n) is 6.02. The Balaban J connectivity index is 1.37. The number of benzene rings is 2. The molecule has 4 rings (SSSR count). The van der Waals surface area contributed by atoms with Crippen molar-refractivity contribution in [1.82, 2.24) is 5.43 Å². The summed E-state index contributed by atoms with van der Waals surface area (Å²) < 4.78 is 16.2. The lowest BCUT2D eigenvalue weighted by molar-refractivity contribution is -0.120. The van der Waals surface area contributed by atoms with Gasteiger partial charge < -0.3 is 13.9 Å². The van der Waals surface area contributed by atoms with E-state index in [4.69, 9.17) is 13.9 Å². The fraction of sp³-hybridized carbons (Fsp3) is 0.0952. The number of furan rings is 1. The van der Waals surface area contributed by atoms with Gasteiger partial charge in [0.1, 0.15) is 11.5 Å². The van der Waals surface area contributed by atoms with Crippen LogP contribution in [0.4, 0.5) is 0 Å². The topological polar surface area (TPSA) is 96.9 Å². The van der Waals surface area contributed by atoms with Crippen molar-refractivity contribution in [2.24, 2.45) is 5.10 Å². The zero-order chi connectivity index (χ0) is 19.3. The van der Waals surface area contributed by atoms with Crippen LogP contribution in [0.2, 0.25) is 0 Å². The van der Waals surface area contributed by atoms with E-state index in [0.29, 0.717) is 34.1 Å². The van der Waals surface area contributed by atoms with Gasteiger partial charge in [0, 0.05) is 5.56 Å². The molecular weight excluding hydrogens is 358 g/mol. The molecule has 138 valence electrons. The summed E-state index contributed by atoms with van der Waals surface area (Å²) in [6.45, 7) is 0.194. The summed E-state index contributed by atoms with van der Waals surface area (Å²) in [6, 6.07) is 18.1. The Labute approximate surface area is 160 Å². The van der Waals surface area contributed by atoms with Crippen molar-refractivity contribution in [2.45, 2.75) is 6.42 Å².